The van der Waals surface area contributed by atoms with Gasteiger partial charge in [0.15, 0.2) is 0 Å². The molecule has 0 aliphatic carbocycles. The van der Waals surface area contributed by atoms with Gasteiger partial charge in [0.1, 0.15) is 12.4 Å². The Balaban J connectivity index is 1.89. The largest absolute Gasteiger partial charge is 0.348 e. The van der Waals surface area contributed by atoms with Crippen molar-refractivity contribution in [1.82, 2.24) is 5.32 Å². The second-order valence-electron chi connectivity index (χ2n) is 7.15. The average molecular weight is 461 g/mol. The van der Waals surface area contributed by atoms with Crippen molar-refractivity contribution in [3.63, 3.8) is 0 Å². The molecule has 1 N–H and O–H groups in total. The third kappa shape index (κ3) is 5.62. The van der Waals surface area contributed by atoms with Crippen molar-refractivity contribution >= 4 is 33.2 Å². The molecular weight excluding hydrogens is 439 g/mol. The molecule has 0 fully saturated rings. The lowest BCUT2D eigenvalue weighted by atomic mass is 10.1. The van der Waals surface area contributed by atoms with Crippen LogP contribution in [0.1, 0.15) is 24.1 Å². The summed E-state index contributed by atoms with van der Waals surface area (Å²) in [6.07, 6.45) is 0. The molecule has 0 saturated carbocycles. The van der Waals surface area contributed by atoms with E-state index in [1.807, 2.05) is 6.92 Å². The molecule has 0 bridgehead atoms. The van der Waals surface area contributed by atoms with Crippen LogP contribution in [0.15, 0.2) is 77.7 Å². The van der Waals surface area contributed by atoms with E-state index < -0.39 is 28.5 Å². The van der Waals surface area contributed by atoms with Gasteiger partial charge in [0.25, 0.3) is 10.0 Å². The number of nitrogens with zero attached hydrogens (tertiary/aromatic N) is 1. The van der Waals surface area contributed by atoms with Crippen LogP contribution >= 0.6 is 11.6 Å². The number of nitrogens with one attached hydrogen (secondary N) is 1. The highest BCUT2D eigenvalue weighted by molar-refractivity contribution is 7.92. The predicted octanol–water partition coefficient (Wildman–Crippen LogP) is 4.86. The first-order chi connectivity index (χ1) is 14.7. The fourth-order valence-electron chi connectivity index (χ4n) is 3.04. The molecule has 0 saturated heterocycles. The van der Waals surface area contributed by atoms with Crippen LogP contribution in [-0.2, 0) is 14.8 Å². The lowest BCUT2D eigenvalue weighted by molar-refractivity contribution is -0.120. The number of anilines is 1. The quantitative estimate of drug-likeness (QED) is 0.547. The average Bonchev–Trinajstić information content (AvgIpc) is 2.72. The maximum atomic E-state index is 13.3. The van der Waals surface area contributed by atoms with Crippen LogP contribution in [-0.4, -0.2) is 20.9 Å². The van der Waals surface area contributed by atoms with Crippen molar-refractivity contribution in [2.24, 2.45) is 0 Å². The van der Waals surface area contributed by atoms with Gasteiger partial charge in [-0.1, -0.05) is 47.5 Å². The Morgan fingerprint density at radius 1 is 1.06 bits per heavy atom. The molecule has 8 heteroatoms. The minimum absolute atomic E-state index is 0.0671. The summed E-state index contributed by atoms with van der Waals surface area (Å²) in [5.41, 5.74) is 1.89. The van der Waals surface area contributed by atoms with Gasteiger partial charge in [-0.05, 0) is 61.9 Å². The molecule has 3 aromatic carbocycles. The maximum Gasteiger partial charge on any atom is 0.264 e. The minimum atomic E-state index is -4.02. The molecule has 31 heavy (non-hydrogen) atoms. The van der Waals surface area contributed by atoms with Crippen LogP contribution in [0.5, 0.6) is 0 Å². The first kappa shape index (κ1) is 22.8. The van der Waals surface area contributed by atoms with E-state index in [0.29, 0.717) is 10.6 Å². The van der Waals surface area contributed by atoms with Crippen LogP contribution in [0.2, 0.25) is 5.02 Å². The molecular formula is C23H22ClFN2O3S. The topological polar surface area (TPSA) is 66.5 Å². The Labute approximate surface area is 186 Å². The molecule has 0 aliphatic heterocycles. The van der Waals surface area contributed by atoms with E-state index in [0.717, 1.165) is 9.87 Å². The van der Waals surface area contributed by atoms with Crippen LogP contribution < -0.4 is 9.62 Å². The van der Waals surface area contributed by atoms with E-state index in [1.165, 1.54) is 30.3 Å². The van der Waals surface area contributed by atoms with Gasteiger partial charge in [0, 0.05) is 5.02 Å². The van der Waals surface area contributed by atoms with E-state index >= 15 is 0 Å². The van der Waals surface area contributed by atoms with Crippen LogP contribution in [0.3, 0.4) is 0 Å². The van der Waals surface area contributed by atoms with E-state index in [2.05, 4.69) is 5.32 Å². The predicted molar refractivity (Wildman–Crippen MR) is 120 cm³/mol. The molecule has 0 spiro atoms. The third-order valence-electron chi connectivity index (χ3n) is 4.74. The second-order valence-corrected chi connectivity index (χ2v) is 9.44. The molecule has 3 aromatic rings. The number of hydrogen-bond donors (Lipinski definition) is 1. The summed E-state index contributed by atoms with van der Waals surface area (Å²) in [6.45, 7) is 3.15. The van der Waals surface area contributed by atoms with Crippen molar-refractivity contribution in [2.75, 3.05) is 10.8 Å². The zero-order valence-electron chi connectivity index (χ0n) is 17.0. The van der Waals surface area contributed by atoms with Crippen molar-refractivity contribution in [3.8, 4) is 0 Å². The zero-order chi connectivity index (χ0) is 22.6. The highest BCUT2D eigenvalue weighted by Gasteiger charge is 2.28. The summed E-state index contributed by atoms with van der Waals surface area (Å²) >= 11 is 6.07. The van der Waals surface area contributed by atoms with Crippen molar-refractivity contribution in [3.05, 3.63) is 94.8 Å². The Hall–Kier alpha value is -2.90. The summed E-state index contributed by atoms with van der Waals surface area (Å²) in [5, 5.41) is 3.11. The third-order valence-corrected chi connectivity index (χ3v) is 6.76. The number of halogens is 2. The van der Waals surface area contributed by atoms with Crippen LogP contribution in [0.4, 0.5) is 10.1 Å². The molecule has 3 rings (SSSR count). The van der Waals surface area contributed by atoms with Gasteiger partial charge in [-0.2, -0.15) is 0 Å². The second kappa shape index (κ2) is 9.49. The monoisotopic (exact) mass is 460 g/mol. The Kier molecular flexibility index (Phi) is 6.97. The normalized spacial score (nSPS) is 12.3. The fourth-order valence-corrected chi connectivity index (χ4v) is 4.63. The molecule has 0 aromatic heterocycles. The summed E-state index contributed by atoms with van der Waals surface area (Å²) < 4.78 is 40.9. The number of carbonyl (C=O) groups is 1. The standard InChI is InChI=1S/C23H22ClFN2O3S/c1-16-6-12-22(13-7-16)31(29,30)27(21-5-3-4-19(24)14-21)15-23(28)26-17(2)18-8-10-20(25)11-9-18/h3-14,17H,15H2,1-2H3,(H,26,28). The number of aryl methyl sites for hydroxylation is 1. The van der Waals surface area contributed by atoms with Gasteiger partial charge < -0.3 is 5.32 Å². The molecule has 0 radical (unpaired) electrons. The first-order valence-corrected chi connectivity index (χ1v) is 11.4. The van der Waals surface area contributed by atoms with Gasteiger partial charge in [-0.3, -0.25) is 9.10 Å². The summed E-state index contributed by atoms with van der Waals surface area (Å²) in [4.78, 5) is 12.8. The van der Waals surface area contributed by atoms with Gasteiger partial charge >= 0.3 is 0 Å². The molecule has 162 valence electrons. The molecule has 1 amide bonds. The van der Waals surface area contributed by atoms with Gasteiger partial charge in [0.05, 0.1) is 16.6 Å². The molecule has 0 heterocycles. The number of rotatable bonds is 7. The molecule has 1 unspecified atom stereocenters. The smallest absolute Gasteiger partial charge is 0.264 e. The van der Waals surface area contributed by atoms with Gasteiger partial charge in [-0.25, -0.2) is 12.8 Å². The highest BCUT2D eigenvalue weighted by Crippen LogP contribution is 2.26. The van der Waals surface area contributed by atoms with E-state index in [4.69, 9.17) is 11.6 Å². The SMILES string of the molecule is Cc1ccc(S(=O)(=O)N(CC(=O)NC(C)c2ccc(F)cc2)c2cccc(Cl)c2)cc1. The Morgan fingerprint density at radius 2 is 1.71 bits per heavy atom. The molecule has 0 aliphatic rings. The summed E-state index contributed by atoms with van der Waals surface area (Å²) in [7, 11) is -4.02. The first-order valence-electron chi connectivity index (χ1n) is 9.56. The van der Waals surface area contributed by atoms with Gasteiger partial charge in [0.2, 0.25) is 5.91 Å². The molecule has 1 atom stereocenters. The van der Waals surface area contributed by atoms with Crippen LogP contribution in [0, 0.1) is 12.7 Å². The van der Waals surface area contributed by atoms with E-state index in [-0.39, 0.29) is 16.4 Å². The molecule has 5 nitrogen and oxygen atoms in total. The van der Waals surface area contributed by atoms with Crippen molar-refractivity contribution in [2.45, 2.75) is 24.8 Å². The summed E-state index contributed by atoms with van der Waals surface area (Å²) in [6, 6.07) is 18.0. The number of benzene rings is 3. The maximum absolute atomic E-state index is 13.3. The zero-order valence-corrected chi connectivity index (χ0v) is 18.6. The van der Waals surface area contributed by atoms with Crippen molar-refractivity contribution in [1.29, 1.82) is 0 Å². The Bertz CT molecular complexity index is 1170. The highest BCUT2D eigenvalue weighted by atomic mass is 35.5. The summed E-state index contributed by atoms with van der Waals surface area (Å²) in [5.74, 6) is -0.883. The number of amides is 1. The lowest BCUT2D eigenvalue weighted by Gasteiger charge is -2.25. The Morgan fingerprint density at radius 3 is 2.32 bits per heavy atom. The van der Waals surface area contributed by atoms with E-state index in [1.54, 1.807) is 49.4 Å². The van der Waals surface area contributed by atoms with Crippen molar-refractivity contribution < 1.29 is 17.6 Å². The van der Waals surface area contributed by atoms with Crippen LogP contribution in [0.25, 0.3) is 0 Å². The fraction of sp³-hybridized carbons (Fsp3) is 0.174. The number of hydrogen-bond acceptors (Lipinski definition) is 3. The minimum Gasteiger partial charge on any atom is -0.348 e. The number of sulfonamides is 1. The van der Waals surface area contributed by atoms with Gasteiger partial charge in [-0.15, -0.1) is 0 Å². The lowest BCUT2D eigenvalue weighted by Crippen LogP contribution is -2.41. The van der Waals surface area contributed by atoms with E-state index in [9.17, 15) is 17.6 Å². The number of carbonyl (C=O) groups excluding carboxylic acids is 1.